The van der Waals surface area contributed by atoms with Gasteiger partial charge in [-0.05, 0) is 53.1 Å². The predicted molar refractivity (Wildman–Crippen MR) is 154 cm³/mol. The summed E-state index contributed by atoms with van der Waals surface area (Å²) in [7, 11) is 3.32. The van der Waals surface area contributed by atoms with Crippen LogP contribution in [-0.4, -0.2) is 78.6 Å². The highest BCUT2D eigenvalue weighted by molar-refractivity contribution is 5.94. The molecule has 0 saturated carbocycles. The molecule has 2 heterocycles. The van der Waals surface area contributed by atoms with Gasteiger partial charge < -0.3 is 24.0 Å². The second-order valence-corrected chi connectivity index (χ2v) is 9.75. The molecule has 0 unspecified atom stereocenters. The van der Waals surface area contributed by atoms with Gasteiger partial charge >= 0.3 is 0 Å². The average Bonchev–Trinajstić information content (AvgIpc) is 3.01. The number of methoxy groups -OCH3 is 1. The van der Waals surface area contributed by atoms with Gasteiger partial charge in [0, 0.05) is 56.1 Å². The number of nitrogens with zero attached hydrogens (tertiary/aromatic N) is 4. The number of fused-ring (bicyclic) bond motifs is 3. The Bertz CT molecular complexity index is 1510. The van der Waals surface area contributed by atoms with Crippen molar-refractivity contribution in [2.75, 3.05) is 47.0 Å². The summed E-state index contributed by atoms with van der Waals surface area (Å²) in [6, 6.07) is 20.7. The number of likely N-dealkylation sites (N-methyl/N-ethyl adjacent to an activating group) is 1. The second kappa shape index (κ2) is 13.0. The van der Waals surface area contributed by atoms with Crippen molar-refractivity contribution in [1.29, 1.82) is 0 Å². The van der Waals surface area contributed by atoms with E-state index in [1.165, 1.54) is 6.33 Å². The van der Waals surface area contributed by atoms with Crippen molar-refractivity contribution >= 4 is 11.8 Å². The van der Waals surface area contributed by atoms with Gasteiger partial charge in [-0.1, -0.05) is 24.3 Å². The predicted octanol–water partition coefficient (Wildman–Crippen LogP) is 4.12. The summed E-state index contributed by atoms with van der Waals surface area (Å²) in [4.78, 5) is 38.1. The third-order valence-electron chi connectivity index (χ3n) is 6.95. The van der Waals surface area contributed by atoms with E-state index in [1.54, 1.807) is 54.6 Å². The Morgan fingerprint density at radius 1 is 0.902 bits per heavy atom. The monoisotopic (exact) mass is 552 g/mol. The first kappa shape index (κ1) is 27.6. The van der Waals surface area contributed by atoms with Gasteiger partial charge in [-0.2, -0.15) is 0 Å². The smallest absolute Gasteiger partial charge is 0.260 e. The van der Waals surface area contributed by atoms with Gasteiger partial charge in [-0.3, -0.25) is 9.59 Å². The molecule has 0 atom stereocenters. The van der Waals surface area contributed by atoms with E-state index in [1.807, 2.05) is 42.5 Å². The lowest BCUT2D eigenvalue weighted by Gasteiger charge is -2.27. The Labute approximate surface area is 239 Å². The molecular formula is C32H32N4O5. The summed E-state index contributed by atoms with van der Waals surface area (Å²) in [5.41, 5.74) is 4.41. The first-order valence-corrected chi connectivity index (χ1v) is 13.4. The van der Waals surface area contributed by atoms with Crippen LogP contribution in [0.3, 0.4) is 0 Å². The van der Waals surface area contributed by atoms with Crippen LogP contribution in [0.5, 0.6) is 17.2 Å². The molecule has 0 saturated heterocycles. The zero-order chi connectivity index (χ0) is 28.6. The van der Waals surface area contributed by atoms with E-state index in [4.69, 9.17) is 14.2 Å². The standard InChI is InChI=1S/C32H32N4O5/c1-35-11-12-36(31(37)21-41-29-8-4-7-28(18-29)39-2)13-14-40-30-10-9-24(27-19-33-22-34-20-27)17-26(30)16-23-5-3-6-25(15-23)32(35)38/h3-10,15,17-20,22H,11-14,16,21H2,1-2H3. The van der Waals surface area contributed by atoms with Crippen molar-refractivity contribution in [3.05, 3.63) is 102 Å². The van der Waals surface area contributed by atoms with Crippen LogP contribution in [0.1, 0.15) is 21.5 Å². The van der Waals surface area contributed by atoms with E-state index in [0.717, 1.165) is 28.0 Å². The van der Waals surface area contributed by atoms with Gasteiger partial charge in [-0.15, -0.1) is 0 Å². The maximum atomic E-state index is 13.3. The van der Waals surface area contributed by atoms with Crippen molar-refractivity contribution in [1.82, 2.24) is 19.8 Å². The first-order chi connectivity index (χ1) is 20.0. The average molecular weight is 553 g/mol. The number of aromatic nitrogens is 2. The molecule has 3 aromatic carbocycles. The number of rotatable bonds is 5. The third kappa shape index (κ3) is 7.00. The minimum absolute atomic E-state index is 0.101. The van der Waals surface area contributed by atoms with E-state index >= 15 is 0 Å². The minimum atomic E-state index is -0.203. The van der Waals surface area contributed by atoms with Gasteiger partial charge in [0.1, 0.15) is 30.2 Å². The lowest BCUT2D eigenvalue weighted by atomic mass is 9.98. The number of hydrogen-bond donors (Lipinski definition) is 0. The minimum Gasteiger partial charge on any atom is -0.497 e. The fourth-order valence-corrected chi connectivity index (χ4v) is 4.67. The quantitative estimate of drug-likeness (QED) is 0.368. The topological polar surface area (TPSA) is 94.1 Å². The van der Waals surface area contributed by atoms with Crippen molar-refractivity contribution in [3.63, 3.8) is 0 Å². The Morgan fingerprint density at radius 2 is 1.71 bits per heavy atom. The van der Waals surface area contributed by atoms with Gasteiger partial charge in [-0.25, -0.2) is 9.97 Å². The lowest BCUT2D eigenvalue weighted by molar-refractivity contribution is -0.133. The molecule has 0 spiro atoms. The summed E-state index contributed by atoms with van der Waals surface area (Å²) >= 11 is 0. The van der Waals surface area contributed by atoms with Gasteiger partial charge in [0.05, 0.1) is 13.7 Å². The van der Waals surface area contributed by atoms with Gasteiger partial charge in [0.25, 0.3) is 11.8 Å². The molecule has 9 heteroatoms. The molecule has 1 aliphatic heterocycles. The molecule has 4 aromatic rings. The van der Waals surface area contributed by atoms with E-state index in [-0.39, 0.29) is 25.0 Å². The fraction of sp³-hybridized carbons (Fsp3) is 0.250. The van der Waals surface area contributed by atoms with Crippen LogP contribution in [0.25, 0.3) is 11.1 Å². The second-order valence-electron chi connectivity index (χ2n) is 9.75. The van der Waals surface area contributed by atoms with Crippen LogP contribution in [0.15, 0.2) is 85.5 Å². The van der Waals surface area contributed by atoms with Crippen LogP contribution in [0.4, 0.5) is 0 Å². The zero-order valence-corrected chi connectivity index (χ0v) is 23.2. The number of benzene rings is 3. The number of amides is 2. The van der Waals surface area contributed by atoms with Crippen LogP contribution in [-0.2, 0) is 11.2 Å². The van der Waals surface area contributed by atoms with Crippen LogP contribution in [0.2, 0.25) is 0 Å². The third-order valence-corrected chi connectivity index (χ3v) is 6.95. The summed E-state index contributed by atoms with van der Waals surface area (Å²) in [5, 5.41) is 0. The van der Waals surface area contributed by atoms with Gasteiger partial charge in [0.15, 0.2) is 6.61 Å². The molecule has 1 aromatic heterocycles. The molecule has 0 aliphatic carbocycles. The maximum Gasteiger partial charge on any atom is 0.260 e. The largest absolute Gasteiger partial charge is 0.497 e. The van der Waals surface area contributed by atoms with E-state index in [9.17, 15) is 9.59 Å². The Morgan fingerprint density at radius 3 is 2.54 bits per heavy atom. The maximum absolute atomic E-state index is 13.3. The summed E-state index contributed by atoms with van der Waals surface area (Å²) < 4.78 is 17.3. The number of carbonyl (C=O) groups excluding carboxylic acids is 2. The van der Waals surface area contributed by atoms with Crippen LogP contribution in [0, 0.1) is 0 Å². The zero-order valence-electron chi connectivity index (χ0n) is 23.2. The molecule has 0 radical (unpaired) electrons. The SMILES string of the molecule is COc1cccc(OCC(=O)N2CCOc3ccc(-c4cncnc4)cc3Cc3cccc(c3)C(=O)N(C)CC2)c1. The molecular weight excluding hydrogens is 520 g/mol. The Kier molecular flexibility index (Phi) is 8.73. The summed E-state index contributed by atoms with van der Waals surface area (Å²) in [6.45, 7) is 1.18. The van der Waals surface area contributed by atoms with Crippen LogP contribution < -0.4 is 14.2 Å². The van der Waals surface area contributed by atoms with Crippen LogP contribution >= 0.6 is 0 Å². The van der Waals surface area contributed by atoms with Gasteiger partial charge in [0.2, 0.25) is 0 Å². The van der Waals surface area contributed by atoms with Crippen molar-refractivity contribution in [2.24, 2.45) is 0 Å². The molecule has 2 amide bonds. The fourth-order valence-electron chi connectivity index (χ4n) is 4.67. The molecule has 0 N–H and O–H groups in total. The highest BCUT2D eigenvalue weighted by atomic mass is 16.5. The molecule has 41 heavy (non-hydrogen) atoms. The van der Waals surface area contributed by atoms with Crippen molar-refractivity contribution in [3.8, 4) is 28.4 Å². The number of hydrogen-bond acceptors (Lipinski definition) is 7. The highest BCUT2D eigenvalue weighted by Gasteiger charge is 2.20. The summed E-state index contributed by atoms with van der Waals surface area (Å²) in [5.74, 6) is 1.60. The highest BCUT2D eigenvalue weighted by Crippen LogP contribution is 2.29. The molecule has 1 aliphatic rings. The molecule has 210 valence electrons. The molecule has 9 nitrogen and oxygen atoms in total. The van der Waals surface area contributed by atoms with E-state index in [0.29, 0.717) is 43.1 Å². The number of ether oxygens (including phenoxy) is 3. The Balaban J connectivity index is 1.39. The van der Waals surface area contributed by atoms with E-state index in [2.05, 4.69) is 16.0 Å². The first-order valence-electron chi connectivity index (χ1n) is 13.4. The molecule has 5 rings (SSSR count). The lowest BCUT2D eigenvalue weighted by Crippen LogP contribution is -2.43. The molecule has 0 fully saturated rings. The number of carbonyl (C=O) groups is 2. The normalized spacial score (nSPS) is 14.0. The Hall–Kier alpha value is -4.92. The van der Waals surface area contributed by atoms with E-state index < -0.39 is 0 Å². The van der Waals surface area contributed by atoms with Crippen molar-refractivity contribution in [2.45, 2.75) is 6.42 Å². The van der Waals surface area contributed by atoms with Crippen molar-refractivity contribution < 1.29 is 23.8 Å². The molecule has 2 bridgehead atoms. The summed E-state index contributed by atoms with van der Waals surface area (Å²) in [6.07, 6.45) is 5.61.